The van der Waals surface area contributed by atoms with Crippen molar-refractivity contribution in [3.8, 4) is 0 Å². The van der Waals surface area contributed by atoms with Crippen LogP contribution in [0.1, 0.15) is 35.5 Å². The Bertz CT molecular complexity index is 1200. The largest absolute Gasteiger partial charge is 0.334 e. The van der Waals surface area contributed by atoms with Crippen LogP contribution in [0.2, 0.25) is 0 Å². The third kappa shape index (κ3) is 3.67. The van der Waals surface area contributed by atoms with Crippen molar-refractivity contribution < 1.29 is 4.79 Å². The van der Waals surface area contributed by atoms with Gasteiger partial charge in [0.25, 0.3) is 11.5 Å². The number of benzene rings is 1. The lowest BCUT2D eigenvalue weighted by molar-refractivity contribution is 0.0779. The third-order valence-electron chi connectivity index (χ3n) is 5.00. The Labute approximate surface area is 171 Å². The van der Waals surface area contributed by atoms with Crippen LogP contribution in [0.5, 0.6) is 0 Å². The molecule has 8 heteroatoms. The molecule has 0 fully saturated rings. The Balaban J connectivity index is 1.62. The van der Waals surface area contributed by atoms with E-state index >= 15 is 0 Å². The second-order valence-electron chi connectivity index (χ2n) is 7.57. The van der Waals surface area contributed by atoms with Crippen molar-refractivity contribution in [1.29, 1.82) is 0 Å². The maximum Gasteiger partial charge on any atom is 0.328 e. The summed E-state index contributed by atoms with van der Waals surface area (Å²) in [6.07, 6.45) is 2.81. The minimum atomic E-state index is -0.504. The zero-order valence-corrected chi connectivity index (χ0v) is 17.2. The first-order valence-electron chi connectivity index (χ1n) is 9.62. The number of rotatable bonds is 4. The molecule has 7 nitrogen and oxygen atoms in total. The number of hydrogen-bond donors (Lipinski definition) is 1. The van der Waals surface area contributed by atoms with Crippen molar-refractivity contribution in [2.75, 3.05) is 13.1 Å². The average molecular weight is 410 g/mol. The van der Waals surface area contributed by atoms with Gasteiger partial charge in [0.15, 0.2) is 5.52 Å². The van der Waals surface area contributed by atoms with Gasteiger partial charge in [-0.1, -0.05) is 50.3 Å². The van der Waals surface area contributed by atoms with Crippen LogP contribution in [0.25, 0.3) is 16.6 Å². The SMILES string of the molecule is CC(C)Cn1c(=O)[nH]c2c(C(=O)N3CC=C(c4ccccc4)CC3)snc2c1=O. The molecule has 0 unspecified atom stereocenters. The van der Waals surface area contributed by atoms with Crippen molar-refractivity contribution in [1.82, 2.24) is 18.8 Å². The minimum Gasteiger partial charge on any atom is -0.334 e. The van der Waals surface area contributed by atoms with Crippen molar-refractivity contribution in [3.63, 3.8) is 0 Å². The lowest BCUT2D eigenvalue weighted by atomic mass is 9.99. The van der Waals surface area contributed by atoms with Crippen LogP contribution in [0.4, 0.5) is 0 Å². The smallest absolute Gasteiger partial charge is 0.328 e. The number of fused-ring (bicyclic) bond motifs is 1. The standard InChI is InChI=1S/C21H22N4O3S/c1-13(2)12-25-19(26)17-16(22-21(25)28)18(29-23-17)20(27)24-10-8-15(9-11-24)14-6-4-3-5-7-14/h3-8,13H,9-12H2,1-2H3,(H,22,28). The van der Waals surface area contributed by atoms with E-state index < -0.39 is 11.2 Å². The van der Waals surface area contributed by atoms with Gasteiger partial charge in [0.2, 0.25) is 0 Å². The second-order valence-corrected chi connectivity index (χ2v) is 8.35. The molecule has 3 heterocycles. The van der Waals surface area contributed by atoms with Crippen LogP contribution >= 0.6 is 11.5 Å². The highest BCUT2D eigenvalue weighted by atomic mass is 32.1. The number of amides is 1. The van der Waals surface area contributed by atoms with Gasteiger partial charge in [-0.05, 0) is 35.0 Å². The Morgan fingerprint density at radius 3 is 2.66 bits per heavy atom. The predicted octanol–water partition coefficient (Wildman–Crippen LogP) is 2.73. The van der Waals surface area contributed by atoms with E-state index in [1.54, 1.807) is 4.90 Å². The van der Waals surface area contributed by atoms with E-state index in [9.17, 15) is 14.4 Å². The fourth-order valence-corrected chi connectivity index (χ4v) is 4.33. The molecule has 4 rings (SSSR count). The quantitative estimate of drug-likeness (QED) is 0.716. The first kappa shape index (κ1) is 19.3. The van der Waals surface area contributed by atoms with E-state index in [2.05, 4.69) is 27.6 Å². The number of carbonyl (C=O) groups excluding carboxylic acids is 1. The molecule has 1 aromatic carbocycles. The number of aromatic amines is 1. The fraction of sp³-hybridized carbons (Fsp3) is 0.333. The number of aromatic nitrogens is 3. The van der Waals surface area contributed by atoms with Crippen molar-refractivity contribution in [3.05, 3.63) is 67.7 Å². The highest BCUT2D eigenvalue weighted by Gasteiger charge is 2.25. The van der Waals surface area contributed by atoms with Gasteiger partial charge in [-0.15, -0.1) is 0 Å². The summed E-state index contributed by atoms with van der Waals surface area (Å²) < 4.78 is 5.33. The summed E-state index contributed by atoms with van der Waals surface area (Å²) in [5.74, 6) is -0.0672. The lowest BCUT2D eigenvalue weighted by Gasteiger charge is -2.26. The highest BCUT2D eigenvalue weighted by molar-refractivity contribution is 7.09. The molecule has 3 aromatic rings. The van der Waals surface area contributed by atoms with Crippen LogP contribution in [-0.2, 0) is 6.54 Å². The summed E-state index contributed by atoms with van der Waals surface area (Å²) in [6.45, 7) is 5.23. The zero-order valence-electron chi connectivity index (χ0n) is 16.3. The first-order valence-corrected chi connectivity index (χ1v) is 10.4. The Kier molecular flexibility index (Phi) is 5.19. The van der Waals surface area contributed by atoms with E-state index in [1.165, 1.54) is 5.57 Å². The topological polar surface area (TPSA) is 88.1 Å². The molecule has 1 amide bonds. The maximum absolute atomic E-state index is 13.0. The monoisotopic (exact) mass is 410 g/mol. The van der Waals surface area contributed by atoms with Crippen molar-refractivity contribution in [2.24, 2.45) is 5.92 Å². The van der Waals surface area contributed by atoms with E-state index in [0.29, 0.717) is 24.5 Å². The molecule has 0 atom stereocenters. The summed E-state index contributed by atoms with van der Waals surface area (Å²) in [4.78, 5) is 42.8. The molecule has 29 heavy (non-hydrogen) atoms. The zero-order chi connectivity index (χ0) is 20.5. The number of nitrogens with zero attached hydrogens (tertiary/aromatic N) is 3. The van der Waals surface area contributed by atoms with Gasteiger partial charge >= 0.3 is 5.69 Å². The van der Waals surface area contributed by atoms with Crippen LogP contribution in [0.3, 0.4) is 0 Å². The molecule has 150 valence electrons. The Morgan fingerprint density at radius 1 is 1.24 bits per heavy atom. The van der Waals surface area contributed by atoms with Crippen LogP contribution in [0.15, 0.2) is 46.0 Å². The molecule has 0 bridgehead atoms. The molecule has 2 aromatic heterocycles. The molecule has 1 aliphatic heterocycles. The Morgan fingerprint density at radius 2 is 2.00 bits per heavy atom. The molecule has 0 saturated heterocycles. The summed E-state index contributed by atoms with van der Waals surface area (Å²) in [5.41, 5.74) is 1.82. The van der Waals surface area contributed by atoms with Crippen LogP contribution in [-0.4, -0.2) is 37.8 Å². The molecule has 0 radical (unpaired) electrons. The van der Waals surface area contributed by atoms with Gasteiger partial charge in [0, 0.05) is 19.6 Å². The second kappa shape index (κ2) is 7.79. The van der Waals surface area contributed by atoms with E-state index in [4.69, 9.17) is 0 Å². The normalized spacial score (nSPS) is 14.4. The summed E-state index contributed by atoms with van der Waals surface area (Å²) in [7, 11) is 0. The predicted molar refractivity (Wildman–Crippen MR) is 114 cm³/mol. The van der Waals surface area contributed by atoms with Gasteiger partial charge in [-0.25, -0.2) is 4.79 Å². The van der Waals surface area contributed by atoms with Gasteiger partial charge in [-0.2, -0.15) is 4.37 Å². The number of hydrogen-bond acceptors (Lipinski definition) is 5. The summed E-state index contributed by atoms with van der Waals surface area (Å²) >= 11 is 0.967. The average Bonchev–Trinajstić information content (AvgIpc) is 3.15. The minimum absolute atomic E-state index is 0.143. The van der Waals surface area contributed by atoms with E-state index in [-0.39, 0.29) is 22.9 Å². The molecule has 1 N–H and O–H groups in total. The van der Waals surface area contributed by atoms with Crippen LogP contribution in [0, 0.1) is 5.92 Å². The summed E-state index contributed by atoms with van der Waals surface area (Å²) in [6, 6.07) is 10.1. The molecule has 0 spiro atoms. The van der Waals surface area contributed by atoms with Gasteiger partial charge in [0.1, 0.15) is 4.88 Å². The molecule has 0 saturated carbocycles. The van der Waals surface area contributed by atoms with Gasteiger partial charge in [0.05, 0.1) is 5.52 Å². The van der Waals surface area contributed by atoms with Crippen LogP contribution < -0.4 is 11.2 Å². The number of carbonyl (C=O) groups is 1. The van der Waals surface area contributed by atoms with Gasteiger partial charge in [-0.3, -0.25) is 14.2 Å². The summed E-state index contributed by atoms with van der Waals surface area (Å²) in [5, 5.41) is 0. The number of nitrogens with one attached hydrogen (secondary N) is 1. The molecular weight excluding hydrogens is 388 g/mol. The van der Waals surface area contributed by atoms with E-state index in [1.807, 2.05) is 32.0 Å². The van der Waals surface area contributed by atoms with Crippen molar-refractivity contribution in [2.45, 2.75) is 26.8 Å². The first-order chi connectivity index (χ1) is 14.0. The van der Waals surface area contributed by atoms with E-state index in [0.717, 1.165) is 28.1 Å². The molecular formula is C21H22N4O3S. The lowest BCUT2D eigenvalue weighted by Crippen LogP contribution is -2.37. The molecule has 0 aliphatic carbocycles. The third-order valence-corrected chi connectivity index (χ3v) is 5.83. The maximum atomic E-state index is 13.0. The molecule has 1 aliphatic rings. The number of H-pyrrole nitrogens is 1. The van der Waals surface area contributed by atoms with Crippen molar-refractivity contribution >= 4 is 34.0 Å². The van der Waals surface area contributed by atoms with Gasteiger partial charge < -0.3 is 9.88 Å². The fourth-order valence-electron chi connectivity index (χ4n) is 3.54. The highest BCUT2D eigenvalue weighted by Crippen LogP contribution is 2.25. The Hall–Kier alpha value is -3.00.